The minimum absolute atomic E-state index is 0.0581. The van der Waals surface area contributed by atoms with Crippen LogP contribution in [0.3, 0.4) is 0 Å². The van der Waals surface area contributed by atoms with Crippen molar-refractivity contribution in [1.82, 2.24) is 14.7 Å². The molecule has 0 radical (unpaired) electrons. The lowest BCUT2D eigenvalue weighted by Gasteiger charge is -2.29. The van der Waals surface area contributed by atoms with Crippen molar-refractivity contribution < 1.29 is 9.90 Å². The molecule has 1 aromatic heterocycles. The normalized spacial score (nSPS) is 22.2. The molecule has 1 aliphatic rings. The summed E-state index contributed by atoms with van der Waals surface area (Å²) in [5.41, 5.74) is 0.778. The van der Waals surface area contributed by atoms with E-state index in [-0.39, 0.29) is 6.42 Å². The molecule has 0 bridgehead atoms. The van der Waals surface area contributed by atoms with Gasteiger partial charge in [0.15, 0.2) is 0 Å². The van der Waals surface area contributed by atoms with Crippen LogP contribution in [0, 0.1) is 0 Å². The number of piperidine rings is 1. The largest absolute Gasteiger partial charge is 0.481 e. The molecule has 5 nitrogen and oxygen atoms in total. The van der Waals surface area contributed by atoms with Crippen LogP contribution < -0.4 is 0 Å². The second-order valence-corrected chi connectivity index (χ2v) is 4.46. The number of carboxylic acids is 1. The Morgan fingerprint density at radius 1 is 1.69 bits per heavy atom. The summed E-state index contributed by atoms with van der Waals surface area (Å²) in [6.07, 6.45) is 5.87. The number of hydrogen-bond donors (Lipinski definition) is 1. The van der Waals surface area contributed by atoms with E-state index in [4.69, 9.17) is 5.11 Å². The third-order valence-electron chi connectivity index (χ3n) is 2.98. The van der Waals surface area contributed by atoms with Crippen LogP contribution in [0.4, 0.5) is 0 Å². The molecule has 1 fully saturated rings. The lowest BCUT2D eigenvalue weighted by atomic mass is 10.1. The number of aliphatic carboxylic acids is 1. The van der Waals surface area contributed by atoms with Crippen molar-refractivity contribution in [2.24, 2.45) is 0 Å². The molecule has 5 heteroatoms. The van der Waals surface area contributed by atoms with E-state index in [9.17, 15) is 4.79 Å². The van der Waals surface area contributed by atoms with Crippen LogP contribution in [0.15, 0.2) is 12.4 Å². The number of likely N-dealkylation sites (N-methyl/N-ethyl adjacent to an activating group) is 1. The van der Waals surface area contributed by atoms with Crippen LogP contribution in [-0.2, 0) is 11.2 Å². The quantitative estimate of drug-likeness (QED) is 0.822. The van der Waals surface area contributed by atoms with Crippen LogP contribution >= 0.6 is 0 Å². The Morgan fingerprint density at radius 3 is 3.19 bits per heavy atom. The molecule has 1 aromatic rings. The summed E-state index contributed by atoms with van der Waals surface area (Å²) in [6.45, 7) is 2.13. The highest BCUT2D eigenvalue weighted by Crippen LogP contribution is 2.20. The van der Waals surface area contributed by atoms with Crippen molar-refractivity contribution in [1.29, 1.82) is 0 Å². The van der Waals surface area contributed by atoms with Gasteiger partial charge in [0.25, 0.3) is 0 Å². The molecule has 0 aromatic carbocycles. The second-order valence-electron chi connectivity index (χ2n) is 4.46. The van der Waals surface area contributed by atoms with Gasteiger partial charge in [-0.3, -0.25) is 9.48 Å². The van der Waals surface area contributed by atoms with Crippen molar-refractivity contribution in [3.63, 3.8) is 0 Å². The van der Waals surface area contributed by atoms with Crippen LogP contribution in [0.1, 0.15) is 24.4 Å². The summed E-state index contributed by atoms with van der Waals surface area (Å²) in [5.74, 6) is -0.805. The Labute approximate surface area is 94.7 Å². The molecule has 88 valence electrons. The number of rotatable bonds is 3. The standard InChI is InChI=1S/C11H17N3O2/c1-13-4-2-3-10(8-13)14-7-9(6-12-14)5-11(15)16/h6-7,10H,2-5,8H2,1H3,(H,15,16). The lowest BCUT2D eigenvalue weighted by molar-refractivity contribution is -0.136. The highest BCUT2D eigenvalue weighted by atomic mass is 16.4. The zero-order chi connectivity index (χ0) is 11.5. The highest BCUT2D eigenvalue weighted by molar-refractivity contribution is 5.69. The van der Waals surface area contributed by atoms with Gasteiger partial charge in [0.2, 0.25) is 0 Å². The van der Waals surface area contributed by atoms with E-state index in [1.165, 1.54) is 6.42 Å². The minimum atomic E-state index is -0.805. The van der Waals surface area contributed by atoms with Crippen molar-refractivity contribution in [2.75, 3.05) is 20.1 Å². The number of aromatic nitrogens is 2. The van der Waals surface area contributed by atoms with E-state index >= 15 is 0 Å². The summed E-state index contributed by atoms with van der Waals surface area (Å²) in [5, 5.41) is 12.9. The van der Waals surface area contributed by atoms with Gasteiger partial charge in [-0.05, 0) is 26.4 Å². The number of hydrogen-bond acceptors (Lipinski definition) is 3. The number of carbonyl (C=O) groups is 1. The molecule has 0 aliphatic carbocycles. The monoisotopic (exact) mass is 223 g/mol. The van der Waals surface area contributed by atoms with Crippen molar-refractivity contribution in [3.05, 3.63) is 18.0 Å². The van der Waals surface area contributed by atoms with Gasteiger partial charge in [-0.1, -0.05) is 0 Å². The minimum Gasteiger partial charge on any atom is -0.481 e. The molecular formula is C11H17N3O2. The molecule has 1 unspecified atom stereocenters. The fraction of sp³-hybridized carbons (Fsp3) is 0.636. The Hall–Kier alpha value is -1.36. The van der Waals surface area contributed by atoms with Crippen molar-refractivity contribution in [3.8, 4) is 0 Å². The highest BCUT2D eigenvalue weighted by Gasteiger charge is 2.19. The van der Waals surface area contributed by atoms with Crippen LogP contribution in [0.2, 0.25) is 0 Å². The third-order valence-corrected chi connectivity index (χ3v) is 2.98. The average Bonchev–Trinajstić information content (AvgIpc) is 2.65. The maximum Gasteiger partial charge on any atom is 0.307 e. The lowest BCUT2D eigenvalue weighted by Crippen LogP contribution is -2.33. The topological polar surface area (TPSA) is 58.4 Å². The summed E-state index contributed by atoms with van der Waals surface area (Å²) in [7, 11) is 2.10. The number of carboxylic acid groups (broad SMARTS) is 1. The van der Waals surface area contributed by atoms with E-state index in [0.717, 1.165) is 25.1 Å². The van der Waals surface area contributed by atoms with Gasteiger partial charge in [-0.25, -0.2) is 0 Å². The Balaban J connectivity index is 2.03. The third kappa shape index (κ3) is 2.61. The summed E-state index contributed by atoms with van der Waals surface area (Å²) in [6, 6.07) is 0.390. The van der Waals surface area contributed by atoms with Gasteiger partial charge in [0, 0.05) is 18.3 Å². The Morgan fingerprint density at radius 2 is 2.50 bits per heavy atom. The van der Waals surface area contributed by atoms with E-state index in [0.29, 0.717) is 6.04 Å². The first kappa shape index (κ1) is 11.1. The zero-order valence-electron chi connectivity index (χ0n) is 9.46. The van der Waals surface area contributed by atoms with Gasteiger partial charge < -0.3 is 10.0 Å². The van der Waals surface area contributed by atoms with Crippen molar-refractivity contribution >= 4 is 5.97 Å². The van der Waals surface area contributed by atoms with E-state index < -0.39 is 5.97 Å². The summed E-state index contributed by atoms with van der Waals surface area (Å²) >= 11 is 0. The second kappa shape index (κ2) is 4.65. The first-order chi connectivity index (χ1) is 7.65. The van der Waals surface area contributed by atoms with Crippen LogP contribution in [-0.4, -0.2) is 45.9 Å². The first-order valence-corrected chi connectivity index (χ1v) is 5.58. The van der Waals surface area contributed by atoms with E-state index in [2.05, 4.69) is 17.0 Å². The summed E-state index contributed by atoms with van der Waals surface area (Å²) in [4.78, 5) is 12.8. The maximum absolute atomic E-state index is 10.6. The molecule has 0 saturated carbocycles. The predicted molar refractivity (Wildman–Crippen MR) is 59.3 cm³/mol. The van der Waals surface area contributed by atoms with E-state index in [1.807, 2.05) is 10.9 Å². The van der Waals surface area contributed by atoms with Gasteiger partial charge in [0.1, 0.15) is 0 Å². The Kier molecular flexibility index (Phi) is 3.24. The van der Waals surface area contributed by atoms with Gasteiger partial charge >= 0.3 is 5.97 Å². The molecule has 16 heavy (non-hydrogen) atoms. The maximum atomic E-state index is 10.6. The van der Waals surface area contributed by atoms with Crippen LogP contribution in [0.5, 0.6) is 0 Å². The molecule has 2 rings (SSSR count). The fourth-order valence-electron chi connectivity index (χ4n) is 2.20. The number of nitrogens with zero attached hydrogens (tertiary/aromatic N) is 3. The van der Waals surface area contributed by atoms with Crippen molar-refractivity contribution in [2.45, 2.75) is 25.3 Å². The smallest absolute Gasteiger partial charge is 0.307 e. The van der Waals surface area contributed by atoms with Gasteiger partial charge in [-0.15, -0.1) is 0 Å². The fourth-order valence-corrected chi connectivity index (χ4v) is 2.20. The van der Waals surface area contributed by atoms with Crippen LogP contribution in [0.25, 0.3) is 0 Å². The Bertz CT molecular complexity index is 375. The van der Waals surface area contributed by atoms with Gasteiger partial charge in [-0.2, -0.15) is 5.10 Å². The molecule has 0 amide bonds. The molecule has 2 heterocycles. The zero-order valence-corrected chi connectivity index (χ0v) is 9.46. The average molecular weight is 223 g/mol. The predicted octanol–water partition coefficient (Wildman–Crippen LogP) is 0.777. The number of likely N-dealkylation sites (tertiary alicyclic amines) is 1. The molecule has 0 spiro atoms. The summed E-state index contributed by atoms with van der Waals surface area (Å²) < 4.78 is 1.91. The van der Waals surface area contributed by atoms with Gasteiger partial charge in [0.05, 0.1) is 18.7 Å². The molecule has 1 N–H and O–H groups in total. The molecule has 1 saturated heterocycles. The molecular weight excluding hydrogens is 206 g/mol. The molecule has 1 aliphatic heterocycles. The van der Waals surface area contributed by atoms with E-state index in [1.54, 1.807) is 6.20 Å². The SMILES string of the molecule is CN1CCCC(n2cc(CC(=O)O)cn2)C1. The molecule has 1 atom stereocenters. The first-order valence-electron chi connectivity index (χ1n) is 5.58.